The number of hydrogen-bond donors (Lipinski definition) is 1. The summed E-state index contributed by atoms with van der Waals surface area (Å²) in [7, 11) is 5.97. The van der Waals surface area contributed by atoms with E-state index in [1.807, 2.05) is 21.1 Å². The van der Waals surface area contributed by atoms with Crippen molar-refractivity contribution < 1.29 is 42.9 Å². The Morgan fingerprint density at radius 2 is 0.684 bits per heavy atom. The Kier molecular flexibility index (Phi) is 57.0. The van der Waals surface area contributed by atoms with E-state index >= 15 is 0 Å². The fourth-order valence-electron chi connectivity index (χ4n) is 8.68. The molecule has 0 spiro atoms. The van der Waals surface area contributed by atoms with Crippen LogP contribution >= 0.6 is 0 Å². The van der Waals surface area contributed by atoms with Crippen molar-refractivity contribution in [3.63, 3.8) is 0 Å². The van der Waals surface area contributed by atoms with Gasteiger partial charge in [0.2, 0.25) is 0 Å². The van der Waals surface area contributed by atoms with Crippen molar-refractivity contribution in [2.45, 2.75) is 270 Å². The van der Waals surface area contributed by atoms with Crippen molar-refractivity contribution in [1.82, 2.24) is 0 Å². The van der Waals surface area contributed by atoms with E-state index in [0.29, 0.717) is 11.0 Å². The van der Waals surface area contributed by atoms with Crippen LogP contribution in [0.2, 0.25) is 0 Å². The first-order chi connectivity index (χ1) is 38.6. The molecular weight excluding hydrogens is 983 g/mol. The van der Waals surface area contributed by atoms with E-state index in [0.717, 1.165) is 109 Å². The molecular formula is C70H120NO8+. The summed E-state index contributed by atoms with van der Waals surface area (Å²) >= 11 is 0. The summed E-state index contributed by atoms with van der Waals surface area (Å²) in [5.41, 5.74) is 0. The number of esters is 2. The molecule has 0 aliphatic carbocycles. The monoisotopic (exact) mass is 1100 g/mol. The van der Waals surface area contributed by atoms with Gasteiger partial charge in [-0.3, -0.25) is 9.59 Å². The van der Waals surface area contributed by atoms with Gasteiger partial charge < -0.3 is 28.5 Å². The number of ether oxygens (including phenoxy) is 4. The van der Waals surface area contributed by atoms with E-state index < -0.39 is 24.3 Å². The number of carboxylic acids is 1. The molecule has 0 saturated heterocycles. The Hall–Kier alpha value is -4.05. The molecule has 452 valence electrons. The number of carbonyl (C=O) groups excluding carboxylic acids is 2. The van der Waals surface area contributed by atoms with Crippen LogP contribution in [0.25, 0.3) is 0 Å². The highest BCUT2D eigenvalue weighted by Gasteiger charge is 2.25. The third-order valence-corrected chi connectivity index (χ3v) is 13.5. The van der Waals surface area contributed by atoms with Gasteiger partial charge in [-0.25, -0.2) is 4.79 Å². The molecule has 79 heavy (non-hydrogen) atoms. The number of carboxylic acid groups (broad SMARTS) is 1. The van der Waals surface area contributed by atoms with Crippen molar-refractivity contribution in [1.29, 1.82) is 0 Å². The molecule has 0 aromatic rings. The van der Waals surface area contributed by atoms with Crippen LogP contribution in [0.5, 0.6) is 0 Å². The molecule has 0 heterocycles. The average molecular weight is 1100 g/mol. The van der Waals surface area contributed by atoms with Crippen molar-refractivity contribution in [2.24, 2.45) is 0 Å². The molecule has 9 heteroatoms. The minimum Gasteiger partial charge on any atom is -0.477 e. The maximum atomic E-state index is 12.9. The molecule has 0 rings (SSSR count). The topological polar surface area (TPSA) is 108 Å². The van der Waals surface area contributed by atoms with Crippen LogP contribution in [0.1, 0.15) is 258 Å². The van der Waals surface area contributed by atoms with E-state index in [9.17, 15) is 19.5 Å². The molecule has 0 fully saturated rings. The average Bonchev–Trinajstić information content (AvgIpc) is 3.42. The van der Waals surface area contributed by atoms with Crippen molar-refractivity contribution in [2.75, 3.05) is 47.5 Å². The first kappa shape index (κ1) is 75.0. The Labute approximate surface area is 485 Å². The zero-order chi connectivity index (χ0) is 57.6. The minimum absolute atomic E-state index is 0.183. The maximum Gasteiger partial charge on any atom is 0.361 e. The fourth-order valence-corrected chi connectivity index (χ4v) is 8.68. The molecule has 9 nitrogen and oxygen atoms in total. The Morgan fingerprint density at radius 3 is 1.01 bits per heavy atom. The molecule has 0 radical (unpaired) electrons. The summed E-state index contributed by atoms with van der Waals surface area (Å²) in [6, 6.07) is 0. The molecule has 1 N–H and O–H groups in total. The lowest BCUT2D eigenvalue weighted by molar-refractivity contribution is -0.870. The fraction of sp³-hybridized carbons (Fsp3) is 0.700. The van der Waals surface area contributed by atoms with Crippen LogP contribution < -0.4 is 0 Å². The Morgan fingerprint density at radius 1 is 0.380 bits per heavy atom. The van der Waals surface area contributed by atoms with Crippen LogP contribution in [-0.4, -0.2) is 87.4 Å². The first-order valence-electron chi connectivity index (χ1n) is 32.1. The molecule has 0 aliphatic heterocycles. The number of hydrogen-bond acceptors (Lipinski definition) is 7. The predicted octanol–water partition coefficient (Wildman–Crippen LogP) is 19.5. The highest BCUT2D eigenvalue weighted by molar-refractivity contribution is 5.71. The smallest absolute Gasteiger partial charge is 0.361 e. The number of carbonyl (C=O) groups is 3. The zero-order valence-corrected chi connectivity index (χ0v) is 51.5. The lowest BCUT2D eigenvalue weighted by Gasteiger charge is -2.25. The van der Waals surface area contributed by atoms with E-state index in [4.69, 9.17) is 18.9 Å². The second kappa shape index (κ2) is 60.1. The molecule has 0 aliphatic rings. The van der Waals surface area contributed by atoms with Gasteiger partial charge in [0.1, 0.15) is 13.2 Å². The number of quaternary nitrogens is 1. The lowest BCUT2D eigenvalue weighted by atomic mass is 10.0. The summed E-state index contributed by atoms with van der Waals surface area (Å²) < 4.78 is 22.9. The summed E-state index contributed by atoms with van der Waals surface area (Å²) in [5.74, 6) is -2.02. The Balaban J connectivity index is 4.08. The van der Waals surface area contributed by atoms with Gasteiger partial charge in [0.15, 0.2) is 6.10 Å². The number of likely N-dealkylation sites (N-methyl/N-ethyl adjacent to an activating group) is 1. The summed E-state index contributed by atoms with van der Waals surface area (Å²) in [6.45, 7) is 4.65. The van der Waals surface area contributed by atoms with Crippen LogP contribution in [0.15, 0.2) is 109 Å². The normalized spacial score (nSPS) is 13.5. The number of nitrogens with zero attached hydrogens (tertiary/aromatic N) is 1. The molecule has 0 aromatic heterocycles. The predicted molar refractivity (Wildman–Crippen MR) is 336 cm³/mol. The second-order valence-corrected chi connectivity index (χ2v) is 22.3. The van der Waals surface area contributed by atoms with Crippen LogP contribution in [0.3, 0.4) is 0 Å². The van der Waals surface area contributed by atoms with Gasteiger partial charge in [0.25, 0.3) is 6.29 Å². The molecule has 2 unspecified atom stereocenters. The SMILES string of the molecule is CC/C=C\C/C=C\C/C=C\C/C=C\C/C=C\C/C=C\CCCCCCCCCCCCCCCCCCCCC(=O)OC(COC(=O)CCCCCCCCC/C=C\C/C=C\C/C=C\CC)COC(OCC[N+](C)(C)C)C(=O)O. The van der Waals surface area contributed by atoms with Crippen molar-refractivity contribution >= 4 is 17.9 Å². The van der Waals surface area contributed by atoms with E-state index in [2.05, 4.69) is 123 Å². The molecule has 0 saturated carbocycles. The van der Waals surface area contributed by atoms with Crippen molar-refractivity contribution in [3.05, 3.63) is 109 Å². The quantitative estimate of drug-likeness (QED) is 0.0211. The molecule has 0 aromatic carbocycles. The van der Waals surface area contributed by atoms with E-state index in [1.54, 1.807) is 0 Å². The van der Waals surface area contributed by atoms with E-state index in [-0.39, 0.29) is 38.6 Å². The highest BCUT2D eigenvalue weighted by atomic mass is 16.7. The number of rotatable bonds is 58. The maximum absolute atomic E-state index is 12.9. The zero-order valence-electron chi connectivity index (χ0n) is 51.5. The third kappa shape index (κ3) is 61.4. The van der Waals surface area contributed by atoms with Gasteiger partial charge in [-0.2, -0.15) is 0 Å². The largest absolute Gasteiger partial charge is 0.477 e. The second-order valence-electron chi connectivity index (χ2n) is 22.3. The van der Waals surface area contributed by atoms with Gasteiger partial charge in [-0.05, 0) is 96.3 Å². The highest BCUT2D eigenvalue weighted by Crippen LogP contribution is 2.17. The lowest BCUT2D eigenvalue weighted by Crippen LogP contribution is -2.40. The third-order valence-electron chi connectivity index (χ3n) is 13.5. The summed E-state index contributed by atoms with van der Waals surface area (Å²) in [4.78, 5) is 37.5. The summed E-state index contributed by atoms with van der Waals surface area (Å²) in [6.07, 6.45) is 80.5. The standard InChI is InChI=1S/C70H119NO8/c1-6-8-10-12-14-16-18-20-22-24-25-26-27-28-29-30-31-32-33-34-35-36-37-38-39-40-41-42-43-45-47-49-51-53-55-57-59-61-68(73)79-66(65-78-70(69(74)75)76-63-62-71(3,4)5)64-77-67(72)60-58-56-54-52-50-48-46-44-23-21-19-17-15-13-11-9-7-2/h8-11,14-17,20-23,25-26,28-29,31-32,66,70H,6-7,12-13,18-19,24,27,30,33-65H2,1-5H3/p+1/b10-8-,11-9-,16-14-,17-15-,22-20-,23-21-,26-25-,29-28-,32-31-. The number of unbranched alkanes of at least 4 members (excludes halogenated alkanes) is 25. The van der Waals surface area contributed by atoms with Crippen LogP contribution in [0, 0.1) is 0 Å². The molecule has 2 atom stereocenters. The van der Waals surface area contributed by atoms with Gasteiger partial charge in [-0.1, -0.05) is 258 Å². The van der Waals surface area contributed by atoms with Crippen molar-refractivity contribution in [3.8, 4) is 0 Å². The van der Waals surface area contributed by atoms with Gasteiger partial charge >= 0.3 is 17.9 Å². The van der Waals surface area contributed by atoms with Crippen LogP contribution in [0.4, 0.5) is 0 Å². The van der Waals surface area contributed by atoms with Gasteiger partial charge in [-0.15, -0.1) is 0 Å². The molecule has 0 amide bonds. The van der Waals surface area contributed by atoms with Crippen LogP contribution in [-0.2, 0) is 33.3 Å². The minimum atomic E-state index is -1.52. The summed E-state index contributed by atoms with van der Waals surface area (Å²) in [5, 5.41) is 9.72. The first-order valence-corrected chi connectivity index (χ1v) is 32.1. The Bertz CT molecular complexity index is 1660. The van der Waals surface area contributed by atoms with Gasteiger partial charge in [0, 0.05) is 12.8 Å². The van der Waals surface area contributed by atoms with Gasteiger partial charge in [0.05, 0.1) is 34.4 Å². The molecule has 0 bridgehead atoms. The number of aliphatic carboxylic acids is 1. The number of allylic oxidation sites excluding steroid dienone is 18. The van der Waals surface area contributed by atoms with E-state index in [1.165, 1.54) is 122 Å².